The third-order valence-corrected chi connectivity index (χ3v) is 15.2. The summed E-state index contributed by atoms with van der Waals surface area (Å²) in [5, 5.41) is 12.5. The second-order valence-corrected chi connectivity index (χ2v) is 19.6. The molecule has 1 unspecified atom stereocenters. The maximum Gasteiger partial charge on any atom is 0.301 e. The molecule has 5 aromatic rings. The van der Waals surface area contributed by atoms with Gasteiger partial charge in [0, 0.05) is 56.9 Å². The fraction of sp³-hybridized carbons (Fsp3) is 0.375. The number of aromatic nitrogens is 2. The van der Waals surface area contributed by atoms with E-state index in [1.54, 1.807) is 11.0 Å². The summed E-state index contributed by atoms with van der Waals surface area (Å²) in [4.78, 5) is 62.2. The second-order valence-electron chi connectivity index (χ2n) is 18.0. The predicted molar refractivity (Wildman–Crippen MR) is 243 cm³/mol. The number of nitriles is 1. The highest BCUT2D eigenvalue weighted by Crippen LogP contribution is 2.37. The maximum absolute atomic E-state index is 15.2. The van der Waals surface area contributed by atoms with Gasteiger partial charge in [-0.2, -0.15) is 18.0 Å². The minimum atomic E-state index is -4.24. The largest absolute Gasteiger partial charge is 0.453 e. The number of ether oxygens (including phenoxy) is 1. The third kappa shape index (κ3) is 8.72. The van der Waals surface area contributed by atoms with E-state index in [4.69, 9.17) is 4.74 Å². The molecule has 4 aromatic carbocycles. The fourth-order valence-electron chi connectivity index (χ4n) is 10.1. The van der Waals surface area contributed by atoms with E-state index in [-0.39, 0.29) is 54.6 Å². The van der Waals surface area contributed by atoms with Crippen molar-refractivity contribution in [1.29, 1.82) is 5.26 Å². The molecular formula is C48H47F2N9O7S. The third-order valence-electron chi connectivity index (χ3n) is 13.7. The fourth-order valence-corrected chi connectivity index (χ4v) is 11.4. The van der Waals surface area contributed by atoms with Crippen molar-refractivity contribution in [3.05, 3.63) is 118 Å². The van der Waals surface area contributed by atoms with Gasteiger partial charge < -0.3 is 19.4 Å². The van der Waals surface area contributed by atoms with Crippen molar-refractivity contribution in [2.24, 2.45) is 5.92 Å². The number of amides is 3. The smallest absolute Gasteiger partial charge is 0.301 e. The van der Waals surface area contributed by atoms with Crippen LogP contribution >= 0.6 is 0 Å². The Morgan fingerprint density at radius 1 is 0.881 bits per heavy atom. The lowest BCUT2D eigenvalue weighted by atomic mass is 9.87. The van der Waals surface area contributed by atoms with Crippen molar-refractivity contribution in [3.8, 4) is 23.3 Å². The summed E-state index contributed by atoms with van der Waals surface area (Å²) < 4.78 is 65.2. The van der Waals surface area contributed by atoms with Crippen LogP contribution in [0.3, 0.4) is 0 Å². The van der Waals surface area contributed by atoms with Gasteiger partial charge in [0.1, 0.15) is 35.9 Å². The molecule has 4 saturated heterocycles. The molecule has 4 fully saturated rings. The summed E-state index contributed by atoms with van der Waals surface area (Å²) in [5.74, 6) is -1.44. The average molecular weight is 932 g/mol. The molecule has 16 nitrogen and oxygen atoms in total. The highest BCUT2D eigenvalue weighted by atomic mass is 32.2. The zero-order chi connectivity index (χ0) is 46.6. The van der Waals surface area contributed by atoms with Gasteiger partial charge in [0.05, 0.1) is 22.3 Å². The van der Waals surface area contributed by atoms with Gasteiger partial charge >= 0.3 is 10.2 Å². The molecule has 10 rings (SSSR count). The van der Waals surface area contributed by atoms with Crippen molar-refractivity contribution in [1.82, 2.24) is 29.0 Å². The van der Waals surface area contributed by atoms with E-state index in [1.807, 2.05) is 30.3 Å². The summed E-state index contributed by atoms with van der Waals surface area (Å²) in [6, 6.07) is 21.4. The van der Waals surface area contributed by atoms with E-state index in [1.165, 1.54) is 34.7 Å². The number of hydrogen-bond acceptors (Lipinski definition) is 11. The number of hydrogen-bond donors (Lipinski definition) is 2. The first-order valence-corrected chi connectivity index (χ1v) is 23.9. The topological polar surface area (TPSA) is 190 Å². The van der Waals surface area contributed by atoms with Crippen LogP contribution in [0, 0.1) is 23.1 Å². The molecule has 5 aliphatic heterocycles. The van der Waals surface area contributed by atoms with Crippen LogP contribution < -0.4 is 25.2 Å². The molecule has 67 heavy (non-hydrogen) atoms. The van der Waals surface area contributed by atoms with E-state index >= 15 is 4.39 Å². The van der Waals surface area contributed by atoms with Crippen LogP contribution in [0.5, 0.6) is 11.5 Å². The molecule has 3 amide bonds. The molecule has 0 spiro atoms. The van der Waals surface area contributed by atoms with E-state index in [0.717, 1.165) is 79.7 Å². The normalized spacial score (nSPS) is 21.7. The molecule has 19 heteroatoms. The van der Waals surface area contributed by atoms with E-state index < -0.39 is 51.0 Å². The maximum atomic E-state index is 15.2. The van der Waals surface area contributed by atoms with E-state index in [2.05, 4.69) is 37.0 Å². The number of benzene rings is 4. The molecule has 0 bridgehead atoms. The zero-order valence-corrected chi connectivity index (χ0v) is 37.2. The van der Waals surface area contributed by atoms with Gasteiger partial charge in [-0.15, -0.1) is 0 Å². The summed E-state index contributed by atoms with van der Waals surface area (Å²) >= 11 is 0. The second kappa shape index (κ2) is 17.8. The average Bonchev–Trinajstić information content (AvgIpc) is 4.07. The van der Waals surface area contributed by atoms with Crippen molar-refractivity contribution >= 4 is 50.2 Å². The lowest BCUT2D eigenvalue weighted by Crippen LogP contribution is -2.52. The van der Waals surface area contributed by atoms with Crippen molar-refractivity contribution in [2.45, 2.75) is 63.2 Å². The van der Waals surface area contributed by atoms with Gasteiger partial charge in [-0.3, -0.25) is 33.8 Å². The summed E-state index contributed by atoms with van der Waals surface area (Å²) in [7, 11) is -4.24. The number of carbonyl (C=O) groups is 3. The van der Waals surface area contributed by atoms with E-state index in [0.29, 0.717) is 41.6 Å². The Labute approximate surface area is 384 Å². The summed E-state index contributed by atoms with van der Waals surface area (Å²) in [6.45, 7) is 4.78. The first-order chi connectivity index (χ1) is 32.3. The number of imide groups is 1. The number of anilines is 2. The zero-order valence-electron chi connectivity index (χ0n) is 36.4. The van der Waals surface area contributed by atoms with Gasteiger partial charge in [0.2, 0.25) is 11.8 Å². The van der Waals surface area contributed by atoms with Crippen molar-refractivity contribution < 1.29 is 36.3 Å². The first-order valence-electron chi connectivity index (χ1n) is 22.5. The standard InChI is InChI=1S/C48H47F2N9O7S/c49-33-16-20-57(27-33)67(64,65)54-42-10-8-40(50)45(39(42)23-51)66-36-6-9-41-38(22-36)48(63)59(28-52-41)35-4-2-34(3-5-35)56-19-13-29(25-56)24-55-17-14-30(15-18-55)31-1-7-37-32(21-31)26-58(47(37)62)43-11-12-44(60)53-46(43)61/h1-10,21-22,28-30,33,43,54H,11-20,24-27H2,(H,53,60,61)/t29?,33-,43+/m1/s1. The van der Waals surface area contributed by atoms with Crippen LogP contribution in [0.15, 0.2) is 83.9 Å². The molecule has 0 saturated carbocycles. The number of halogens is 2. The minimum Gasteiger partial charge on any atom is -0.453 e. The Morgan fingerprint density at radius 3 is 2.42 bits per heavy atom. The van der Waals surface area contributed by atoms with Crippen LogP contribution in [0.25, 0.3) is 16.6 Å². The molecular weight excluding hydrogens is 885 g/mol. The van der Waals surface area contributed by atoms with Crippen LogP contribution in [0.1, 0.15) is 71.5 Å². The lowest BCUT2D eigenvalue weighted by Gasteiger charge is -2.34. The lowest BCUT2D eigenvalue weighted by molar-refractivity contribution is -0.136. The van der Waals surface area contributed by atoms with Crippen molar-refractivity contribution in [2.75, 3.05) is 55.4 Å². The Balaban J connectivity index is 0.751. The summed E-state index contributed by atoms with van der Waals surface area (Å²) in [6.07, 6.45) is 3.83. The van der Waals surface area contributed by atoms with Gasteiger partial charge in [-0.25, -0.2) is 13.8 Å². The number of rotatable bonds is 11. The molecule has 0 aliphatic carbocycles. The van der Waals surface area contributed by atoms with Gasteiger partial charge in [0.15, 0.2) is 11.6 Å². The first kappa shape index (κ1) is 44.1. The Hall–Kier alpha value is -6.75. The number of nitrogens with zero attached hydrogens (tertiary/aromatic N) is 7. The van der Waals surface area contributed by atoms with Gasteiger partial charge in [0.25, 0.3) is 11.5 Å². The Morgan fingerprint density at radius 2 is 1.67 bits per heavy atom. The molecule has 3 atom stereocenters. The molecule has 0 radical (unpaired) electrons. The number of alkyl halides is 1. The molecule has 6 heterocycles. The van der Waals surface area contributed by atoms with Crippen LogP contribution in [0.2, 0.25) is 0 Å². The molecule has 1 aromatic heterocycles. The Kier molecular flexibility index (Phi) is 11.7. The number of fused-ring (bicyclic) bond motifs is 2. The number of nitrogens with one attached hydrogen (secondary N) is 2. The van der Waals surface area contributed by atoms with Crippen molar-refractivity contribution in [3.63, 3.8) is 0 Å². The van der Waals surface area contributed by atoms with Gasteiger partial charge in [-0.1, -0.05) is 12.1 Å². The van der Waals surface area contributed by atoms with E-state index in [9.17, 15) is 37.2 Å². The quantitative estimate of drug-likeness (QED) is 0.162. The number of likely N-dealkylation sites (tertiary alicyclic amines) is 1. The molecule has 5 aliphatic rings. The number of piperidine rings is 2. The molecule has 346 valence electrons. The monoisotopic (exact) mass is 931 g/mol. The predicted octanol–water partition coefficient (Wildman–Crippen LogP) is 5.36. The summed E-state index contributed by atoms with van der Waals surface area (Å²) in [5.41, 5.74) is 3.71. The SMILES string of the molecule is N#Cc1c(NS(=O)(=O)N2CC[C@@H](F)C2)ccc(F)c1Oc1ccc2ncn(-c3ccc(N4CCC(CN5CCC(c6ccc7c(c6)CN([C@H]6CCC(=O)NC6=O)C7=O)CC5)C4)cc3)c(=O)c2c1. The highest BCUT2D eigenvalue weighted by Gasteiger charge is 2.40. The van der Waals surface area contributed by atoms with Crippen LogP contribution in [-0.2, 0) is 26.3 Å². The Bertz CT molecular complexity index is 3030. The number of carbonyl (C=O) groups excluding carboxylic acids is 3. The minimum absolute atomic E-state index is 0.0158. The van der Waals surface area contributed by atoms with Gasteiger partial charge in [-0.05, 0) is 129 Å². The van der Waals surface area contributed by atoms with Crippen LogP contribution in [0.4, 0.5) is 20.2 Å². The molecule has 2 N–H and O–H groups in total. The highest BCUT2D eigenvalue weighted by molar-refractivity contribution is 7.90. The van der Waals surface area contributed by atoms with Crippen LogP contribution in [-0.4, -0.2) is 108 Å².